The lowest BCUT2D eigenvalue weighted by atomic mass is 10.1. The average molecular weight is 377 g/mol. The minimum Gasteiger partial charge on any atom is -0.454 e. The Hall–Kier alpha value is -3.28. The fraction of sp³-hybridized carbons (Fsp3) is 0.273. The van der Waals surface area contributed by atoms with Gasteiger partial charge in [-0.05, 0) is 42.7 Å². The van der Waals surface area contributed by atoms with E-state index in [1.165, 1.54) is 5.56 Å². The molecule has 1 aliphatic heterocycles. The van der Waals surface area contributed by atoms with E-state index in [4.69, 9.17) is 9.47 Å². The molecule has 144 valence electrons. The second-order valence-electron chi connectivity index (χ2n) is 6.94. The standard InChI is InChI=1S/C22H23N3O3/c1-16-12-19(23-24(16)2)22(26)25(11-10-17-6-4-3-5-7-17)14-18-8-9-20-21(13-18)28-15-27-20/h3-9,12-13H,10-11,14-15H2,1-2H3. The molecule has 0 spiro atoms. The number of aromatic nitrogens is 2. The van der Waals surface area contributed by atoms with Crippen LogP contribution in [0, 0.1) is 6.92 Å². The van der Waals surface area contributed by atoms with Crippen molar-refractivity contribution >= 4 is 5.91 Å². The first-order valence-electron chi connectivity index (χ1n) is 9.32. The number of nitrogens with zero attached hydrogens (tertiary/aromatic N) is 3. The lowest BCUT2D eigenvalue weighted by Gasteiger charge is -2.22. The number of hydrogen-bond donors (Lipinski definition) is 0. The number of rotatable bonds is 6. The Morgan fingerprint density at radius 3 is 2.61 bits per heavy atom. The second kappa shape index (κ2) is 7.76. The molecule has 3 aromatic rings. The molecule has 1 aromatic heterocycles. The van der Waals surface area contributed by atoms with Crippen LogP contribution in [-0.2, 0) is 20.0 Å². The average Bonchev–Trinajstić information content (AvgIpc) is 3.31. The molecule has 0 fully saturated rings. The zero-order valence-electron chi connectivity index (χ0n) is 16.1. The molecule has 0 bridgehead atoms. The van der Waals surface area contributed by atoms with Crippen molar-refractivity contribution in [3.05, 3.63) is 77.1 Å². The minimum absolute atomic E-state index is 0.0719. The molecule has 0 radical (unpaired) electrons. The van der Waals surface area contributed by atoms with E-state index in [9.17, 15) is 4.79 Å². The Kier molecular flexibility index (Phi) is 5.02. The number of ether oxygens (including phenoxy) is 2. The third-order valence-electron chi connectivity index (χ3n) is 4.94. The maximum absolute atomic E-state index is 13.2. The predicted octanol–water partition coefficient (Wildman–Crippen LogP) is 3.34. The van der Waals surface area contributed by atoms with E-state index in [0.29, 0.717) is 18.8 Å². The smallest absolute Gasteiger partial charge is 0.274 e. The summed E-state index contributed by atoms with van der Waals surface area (Å²) in [6, 6.07) is 17.8. The Bertz CT molecular complexity index is 962. The first-order valence-corrected chi connectivity index (χ1v) is 9.32. The van der Waals surface area contributed by atoms with E-state index in [2.05, 4.69) is 17.2 Å². The van der Waals surface area contributed by atoms with Gasteiger partial charge in [-0.2, -0.15) is 5.10 Å². The molecule has 0 saturated carbocycles. The first-order chi connectivity index (χ1) is 13.6. The van der Waals surface area contributed by atoms with Crippen LogP contribution in [0.1, 0.15) is 27.3 Å². The highest BCUT2D eigenvalue weighted by Crippen LogP contribution is 2.33. The molecular weight excluding hydrogens is 354 g/mol. The summed E-state index contributed by atoms with van der Waals surface area (Å²) in [5.41, 5.74) is 3.62. The van der Waals surface area contributed by atoms with Gasteiger partial charge in [0.2, 0.25) is 6.79 Å². The van der Waals surface area contributed by atoms with Gasteiger partial charge in [-0.3, -0.25) is 9.48 Å². The van der Waals surface area contributed by atoms with E-state index in [0.717, 1.165) is 29.2 Å². The van der Waals surface area contributed by atoms with Crippen molar-refractivity contribution in [1.82, 2.24) is 14.7 Å². The SMILES string of the molecule is Cc1cc(C(=O)N(CCc2ccccc2)Cc2ccc3c(c2)OCO3)nn1C. The maximum atomic E-state index is 13.2. The minimum atomic E-state index is -0.0719. The molecule has 0 aliphatic carbocycles. The highest BCUT2D eigenvalue weighted by molar-refractivity contribution is 5.92. The molecule has 2 heterocycles. The van der Waals surface area contributed by atoms with Gasteiger partial charge in [0.15, 0.2) is 17.2 Å². The zero-order valence-corrected chi connectivity index (χ0v) is 16.1. The summed E-state index contributed by atoms with van der Waals surface area (Å²) in [5.74, 6) is 1.39. The number of amides is 1. The molecule has 1 aliphatic rings. The predicted molar refractivity (Wildman–Crippen MR) is 105 cm³/mol. The van der Waals surface area contributed by atoms with Crippen molar-refractivity contribution in [2.24, 2.45) is 7.05 Å². The lowest BCUT2D eigenvalue weighted by molar-refractivity contribution is 0.0738. The highest BCUT2D eigenvalue weighted by Gasteiger charge is 2.21. The van der Waals surface area contributed by atoms with Crippen LogP contribution < -0.4 is 9.47 Å². The van der Waals surface area contributed by atoms with E-state index in [-0.39, 0.29) is 12.7 Å². The van der Waals surface area contributed by atoms with Crippen molar-refractivity contribution in [2.75, 3.05) is 13.3 Å². The van der Waals surface area contributed by atoms with Crippen molar-refractivity contribution in [2.45, 2.75) is 19.9 Å². The molecular formula is C22H23N3O3. The summed E-state index contributed by atoms with van der Waals surface area (Å²) in [5, 5.41) is 4.37. The van der Waals surface area contributed by atoms with E-state index in [1.54, 1.807) is 4.68 Å². The van der Waals surface area contributed by atoms with Crippen molar-refractivity contribution in [3.8, 4) is 11.5 Å². The molecule has 0 atom stereocenters. The van der Waals surface area contributed by atoms with Crippen LogP contribution in [-0.4, -0.2) is 33.9 Å². The molecule has 0 saturated heterocycles. The van der Waals surface area contributed by atoms with E-state index < -0.39 is 0 Å². The molecule has 0 N–H and O–H groups in total. The number of benzene rings is 2. The van der Waals surface area contributed by atoms with Crippen LogP contribution in [0.4, 0.5) is 0 Å². The zero-order chi connectivity index (χ0) is 19.5. The Morgan fingerprint density at radius 2 is 1.86 bits per heavy atom. The molecule has 4 rings (SSSR count). The monoisotopic (exact) mass is 377 g/mol. The second-order valence-corrected chi connectivity index (χ2v) is 6.94. The van der Waals surface area contributed by atoms with Gasteiger partial charge in [-0.25, -0.2) is 0 Å². The molecule has 6 nitrogen and oxygen atoms in total. The van der Waals surface area contributed by atoms with Crippen molar-refractivity contribution < 1.29 is 14.3 Å². The first kappa shape index (κ1) is 18.1. The summed E-state index contributed by atoms with van der Waals surface area (Å²) in [6.45, 7) is 3.27. The Balaban J connectivity index is 1.56. The third kappa shape index (κ3) is 3.86. The fourth-order valence-corrected chi connectivity index (χ4v) is 3.25. The Labute approximate surface area is 164 Å². The van der Waals surface area contributed by atoms with Gasteiger partial charge in [0.05, 0.1) is 0 Å². The third-order valence-corrected chi connectivity index (χ3v) is 4.94. The number of hydrogen-bond acceptors (Lipinski definition) is 4. The van der Waals surface area contributed by atoms with Gasteiger partial charge >= 0.3 is 0 Å². The molecule has 1 amide bonds. The van der Waals surface area contributed by atoms with E-state index in [1.807, 2.05) is 61.3 Å². The van der Waals surface area contributed by atoms with Gasteiger partial charge in [-0.1, -0.05) is 36.4 Å². The maximum Gasteiger partial charge on any atom is 0.274 e. The summed E-state index contributed by atoms with van der Waals surface area (Å²) in [6.07, 6.45) is 0.781. The molecule has 2 aromatic carbocycles. The Morgan fingerprint density at radius 1 is 1.07 bits per heavy atom. The van der Waals surface area contributed by atoms with Crippen LogP contribution in [0.25, 0.3) is 0 Å². The van der Waals surface area contributed by atoms with Crippen LogP contribution >= 0.6 is 0 Å². The summed E-state index contributed by atoms with van der Waals surface area (Å²) < 4.78 is 12.6. The van der Waals surface area contributed by atoms with Gasteiger partial charge < -0.3 is 14.4 Å². The van der Waals surface area contributed by atoms with Gasteiger partial charge in [0.1, 0.15) is 0 Å². The number of carbonyl (C=O) groups excluding carboxylic acids is 1. The van der Waals surface area contributed by atoms with E-state index >= 15 is 0 Å². The summed E-state index contributed by atoms with van der Waals surface area (Å²) >= 11 is 0. The highest BCUT2D eigenvalue weighted by atomic mass is 16.7. The number of fused-ring (bicyclic) bond motifs is 1. The van der Waals surface area contributed by atoms with Crippen molar-refractivity contribution in [3.63, 3.8) is 0 Å². The van der Waals surface area contributed by atoms with Gasteiger partial charge in [0, 0.05) is 25.8 Å². The number of carbonyl (C=O) groups is 1. The summed E-state index contributed by atoms with van der Waals surface area (Å²) in [7, 11) is 1.85. The van der Waals surface area contributed by atoms with Gasteiger partial charge in [0.25, 0.3) is 5.91 Å². The van der Waals surface area contributed by atoms with Crippen LogP contribution in [0.3, 0.4) is 0 Å². The molecule has 28 heavy (non-hydrogen) atoms. The quantitative estimate of drug-likeness (QED) is 0.661. The summed E-state index contributed by atoms with van der Waals surface area (Å²) in [4.78, 5) is 15.0. The normalized spacial score (nSPS) is 12.2. The topological polar surface area (TPSA) is 56.6 Å². The molecule has 6 heteroatoms. The van der Waals surface area contributed by atoms with Gasteiger partial charge in [-0.15, -0.1) is 0 Å². The van der Waals surface area contributed by atoms with Crippen LogP contribution in [0.15, 0.2) is 54.6 Å². The van der Waals surface area contributed by atoms with Crippen LogP contribution in [0.5, 0.6) is 11.5 Å². The van der Waals surface area contributed by atoms with Crippen LogP contribution in [0.2, 0.25) is 0 Å². The fourth-order valence-electron chi connectivity index (χ4n) is 3.25. The largest absolute Gasteiger partial charge is 0.454 e. The number of aryl methyl sites for hydroxylation is 2. The van der Waals surface area contributed by atoms with Crippen molar-refractivity contribution in [1.29, 1.82) is 0 Å². The lowest BCUT2D eigenvalue weighted by Crippen LogP contribution is -2.33. The molecule has 0 unspecified atom stereocenters.